The Kier molecular flexibility index (Phi) is 4.64. The molecule has 1 aromatic rings. The van der Waals surface area contributed by atoms with Crippen molar-refractivity contribution in [1.82, 2.24) is 0 Å². The minimum absolute atomic E-state index is 0.0500. The minimum atomic E-state index is 0.0500. The third-order valence-electron chi connectivity index (χ3n) is 3.99. The van der Waals surface area contributed by atoms with E-state index in [4.69, 9.17) is 4.74 Å². The van der Waals surface area contributed by atoms with Crippen LogP contribution in [0.3, 0.4) is 0 Å². The average molecular weight is 243 g/mol. The predicted octanol–water partition coefficient (Wildman–Crippen LogP) is 4.27. The van der Waals surface area contributed by atoms with Crippen LogP contribution in [0, 0.1) is 17.2 Å². The molecule has 0 spiro atoms. The van der Waals surface area contributed by atoms with Gasteiger partial charge in [0.15, 0.2) is 0 Å². The number of hydrogen-bond donors (Lipinski definition) is 0. The molecule has 1 unspecified atom stereocenters. The van der Waals surface area contributed by atoms with Crippen molar-refractivity contribution in [2.75, 3.05) is 7.11 Å². The zero-order valence-electron chi connectivity index (χ0n) is 11.1. The molecule has 2 rings (SSSR count). The van der Waals surface area contributed by atoms with E-state index in [1.54, 1.807) is 7.11 Å². The summed E-state index contributed by atoms with van der Waals surface area (Å²) in [6, 6.07) is 10.5. The molecular formula is C16H21NO. The second kappa shape index (κ2) is 6.44. The molecule has 96 valence electrons. The summed E-state index contributed by atoms with van der Waals surface area (Å²) in [4.78, 5) is 0. The molecule has 1 saturated carbocycles. The fourth-order valence-electron chi connectivity index (χ4n) is 2.91. The largest absolute Gasteiger partial charge is 0.497 e. The van der Waals surface area contributed by atoms with E-state index in [2.05, 4.69) is 6.07 Å². The Bertz CT molecular complexity index is 396. The molecule has 1 aliphatic rings. The van der Waals surface area contributed by atoms with E-state index < -0.39 is 0 Å². The van der Waals surface area contributed by atoms with Gasteiger partial charge in [0.1, 0.15) is 5.75 Å². The van der Waals surface area contributed by atoms with Crippen molar-refractivity contribution >= 4 is 0 Å². The first-order valence-electron chi connectivity index (χ1n) is 6.88. The molecule has 2 nitrogen and oxygen atoms in total. The van der Waals surface area contributed by atoms with Crippen LogP contribution in [0.5, 0.6) is 5.75 Å². The summed E-state index contributed by atoms with van der Waals surface area (Å²) in [6.07, 6.45) is 7.61. The van der Waals surface area contributed by atoms with Gasteiger partial charge in [-0.2, -0.15) is 5.26 Å². The lowest BCUT2D eigenvalue weighted by Crippen LogP contribution is -2.10. The minimum Gasteiger partial charge on any atom is -0.497 e. The van der Waals surface area contributed by atoms with Crippen molar-refractivity contribution in [1.29, 1.82) is 5.26 Å². The summed E-state index contributed by atoms with van der Waals surface area (Å²) in [6.45, 7) is 0. The smallest absolute Gasteiger partial charge is 0.118 e. The SMILES string of the molecule is COc1ccc(C(C#N)C2CCCCCC2)cc1. The van der Waals surface area contributed by atoms with Gasteiger partial charge in [-0.3, -0.25) is 0 Å². The molecule has 0 aliphatic heterocycles. The highest BCUT2D eigenvalue weighted by atomic mass is 16.5. The van der Waals surface area contributed by atoms with Gasteiger partial charge in [0.2, 0.25) is 0 Å². The van der Waals surface area contributed by atoms with E-state index in [-0.39, 0.29) is 5.92 Å². The molecular weight excluding hydrogens is 222 g/mol. The molecule has 18 heavy (non-hydrogen) atoms. The Labute approximate surface area is 110 Å². The molecule has 2 heteroatoms. The van der Waals surface area contributed by atoms with Crippen LogP contribution in [0.25, 0.3) is 0 Å². The molecule has 0 N–H and O–H groups in total. The highest BCUT2D eigenvalue weighted by Gasteiger charge is 2.23. The maximum absolute atomic E-state index is 9.47. The van der Waals surface area contributed by atoms with Gasteiger partial charge >= 0.3 is 0 Å². The highest BCUT2D eigenvalue weighted by Crippen LogP contribution is 2.35. The van der Waals surface area contributed by atoms with Crippen LogP contribution >= 0.6 is 0 Å². The van der Waals surface area contributed by atoms with Crippen molar-refractivity contribution in [3.8, 4) is 11.8 Å². The molecule has 0 bridgehead atoms. The number of methoxy groups -OCH3 is 1. The topological polar surface area (TPSA) is 33.0 Å². The number of nitriles is 1. The monoisotopic (exact) mass is 243 g/mol. The van der Waals surface area contributed by atoms with Gasteiger partial charge in [-0.25, -0.2) is 0 Å². The van der Waals surface area contributed by atoms with E-state index in [9.17, 15) is 5.26 Å². The predicted molar refractivity (Wildman–Crippen MR) is 72.5 cm³/mol. The van der Waals surface area contributed by atoms with Crippen LogP contribution in [-0.4, -0.2) is 7.11 Å². The summed E-state index contributed by atoms with van der Waals surface area (Å²) in [5.41, 5.74) is 1.14. The molecule has 0 radical (unpaired) electrons. The van der Waals surface area contributed by atoms with E-state index in [1.165, 1.54) is 38.5 Å². The lowest BCUT2D eigenvalue weighted by Gasteiger charge is -2.20. The molecule has 0 saturated heterocycles. The number of nitrogens with zero attached hydrogens (tertiary/aromatic N) is 1. The summed E-state index contributed by atoms with van der Waals surface area (Å²) in [5, 5.41) is 9.47. The molecule has 0 aromatic heterocycles. The molecule has 0 heterocycles. The second-order valence-electron chi connectivity index (χ2n) is 5.13. The summed E-state index contributed by atoms with van der Waals surface area (Å²) >= 11 is 0. The lowest BCUT2D eigenvalue weighted by atomic mass is 9.82. The van der Waals surface area contributed by atoms with E-state index in [0.29, 0.717) is 5.92 Å². The highest BCUT2D eigenvalue weighted by molar-refractivity contribution is 5.32. The van der Waals surface area contributed by atoms with Gasteiger partial charge in [0.25, 0.3) is 0 Å². The number of hydrogen-bond acceptors (Lipinski definition) is 2. The van der Waals surface area contributed by atoms with Gasteiger partial charge < -0.3 is 4.74 Å². The van der Waals surface area contributed by atoms with Crippen LogP contribution in [0.15, 0.2) is 24.3 Å². The van der Waals surface area contributed by atoms with Crippen LogP contribution in [0.1, 0.15) is 50.0 Å². The Morgan fingerprint density at radius 1 is 1.11 bits per heavy atom. The van der Waals surface area contributed by atoms with E-state index in [0.717, 1.165) is 11.3 Å². The van der Waals surface area contributed by atoms with Gasteiger partial charge in [-0.1, -0.05) is 37.8 Å². The number of benzene rings is 1. The molecule has 1 atom stereocenters. The Balaban J connectivity index is 2.13. The van der Waals surface area contributed by atoms with Crippen molar-refractivity contribution in [2.45, 2.75) is 44.4 Å². The van der Waals surface area contributed by atoms with Gasteiger partial charge in [-0.05, 0) is 36.5 Å². The van der Waals surface area contributed by atoms with Gasteiger partial charge in [0, 0.05) is 0 Å². The Morgan fingerprint density at radius 3 is 2.22 bits per heavy atom. The lowest BCUT2D eigenvalue weighted by molar-refractivity contribution is 0.411. The first kappa shape index (κ1) is 13.0. The third kappa shape index (κ3) is 3.04. The van der Waals surface area contributed by atoms with Crippen LogP contribution < -0.4 is 4.74 Å². The van der Waals surface area contributed by atoms with Crippen LogP contribution in [-0.2, 0) is 0 Å². The van der Waals surface area contributed by atoms with Crippen molar-refractivity contribution < 1.29 is 4.74 Å². The second-order valence-corrected chi connectivity index (χ2v) is 5.13. The first-order valence-corrected chi connectivity index (χ1v) is 6.88. The summed E-state index contributed by atoms with van der Waals surface area (Å²) in [7, 11) is 1.67. The Morgan fingerprint density at radius 2 is 1.72 bits per heavy atom. The average Bonchev–Trinajstić information content (AvgIpc) is 2.70. The fourth-order valence-corrected chi connectivity index (χ4v) is 2.91. The van der Waals surface area contributed by atoms with Crippen molar-refractivity contribution in [2.24, 2.45) is 5.92 Å². The standard InChI is InChI=1S/C16H21NO/c1-18-15-10-8-14(9-11-15)16(12-17)13-6-4-2-3-5-7-13/h8-11,13,16H,2-7H2,1H3. The normalized spacial score (nSPS) is 18.7. The van der Waals surface area contributed by atoms with Crippen LogP contribution in [0.2, 0.25) is 0 Å². The number of ether oxygens (including phenoxy) is 1. The van der Waals surface area contributed by atoms with Crippen LogP contribution in [0.4, 0.5) is 0 Å². The molecule has 0 amide bonds. The maximum Gasteiger partial charge on any atom is 0.118 e. The zero-order valence-corrected chi connectivity index (χ0v) is 11.1. The first-order chi connectivity index (χ1) is 8.85. The van der Waals surface area contributed by atoms with Gasteiger partial charge in [-0.15, -0.1) is 0 Å². The maximum atomic E-state index is 9.47. The van der Waals surface area contributed by atoms with Gasteiger partial charge in [0.05, 0.1) is 19.1 Å². The summed E-state index contributed by atoms with van der Waals surface area (Å²) < 4.78 is 5.17. The molecule has 1 aromatic carbocycles. The third-order valence-corrected chi connectivity index (χ3v) is 3.99. The van der Waals surface area contributed by atoms with E-state index in [1.807, 2.05) is 24.3 Å². The fraction of sp³-hybridized carbons (Fsp3) is 0.562. The molecule has 1 fully saturated rings. The zero-order chi connectivity index (χ0) is 12.8. The number of rotatable bonds is 3. The van der Waals surface area contributed by atoms with Crippen molar-refractivity contribution in [3.63, 3.8) is 0 Å². The quantitative estimate of drug-likeness (QED) is 0.743. The Hall–Kier alpha value is -1.49. The molecule has 1 aliphatic carbocycles. The van der Waals surface area contributed by atoms with E-state index >= 15 is 0 Å². The van der Waals surface area contributed by atoms with Crippen molar-refractivity contribution in [3.05, 3.63) is 29.8 Å². The summed E-state index contributed by atoms with van der Waals surface area (Å²) in [5.74, 6) is 1.44.